The number of nitro groups is 1. The van der Waals surface area contributed by atoms with Gasteiger partial charge in [-0.25, -0.2) is 4.79 Å². The normalized spacial score (nSPS) is 15.4. The molecule has 0 bridgehead atoms. The van der Waals surface area contributed by atoms with Crippen LogP contribution in [-0.2, 0) is 4.79 Å². The largest absolute Gasteiger partial charge is 0.457 e. The second-order valence-corrected chi connectivity index (χ2v) is 5.73. The lowest BCUT2D eigenvalue weighted by molar-refractivity contribution is -0.384. The van der Waals surface area contributed by atoms with Crippen molar-refractivity contribution < 1.29 is 18.9 Å². The molecule has 8 nitrogen and oxygen atoms in total. The molecule has 2 aromatic rings. The van der Waals surface area contributed by atoms with Crippen molar-refractivity contribution in [3.8, 4) is 11.3 Å². The first-order valence-corrected chi connectivity index (χ1v) is 7.78. The molecule has 1 fully saturated rings. The van der Waals surface area contributed by atoms with E-state index < -0.39 is 16.9 Å². The molecular weight excluding hydrogens is 362 g/mol. The SMILES string of the molecule is C=CCN1C(=O)N/C(=C\c2ccc(-c3ccc(Cl)c([N+](=O)[O-])c3)o2)C1=O. The number of hydrogen-bond acceptors (Lipinski definition) is 5. The third kappa shape index (κ3) is 3.22. The second-order valence-electron chi connectivity index (χ2n) is 5.32. The predicted molar refractivity (Wildman–Crippen MR) is 94.2 cm³/mol. The minimum absolute atomic E-state index is 0.0224. The summed E-state index contributed by atoms with van der Waals surface area (Å²) in [7, 11) is 0. The minimum Gasteiger partial charge on any atom is -0.457 e. The van der Waals surface area contributed by atoms with E-state index in [4.69, 9.17) is 16.0 Å². The zero-order chi connectivity index (χ0) is 18.8. The zero-order valence-corrected chi connectivity index (χ0v) is 14.0. The van der Waals surface area contributed by atoms with Gasteiger partial charge in [-0.2, -0.15) is 0 Å². The molecule has 0 spiro atoms. The number of nitro benzene ring substituents is 1. The fourth-order valence-corrected chi connectivity index (χ4v) is 2.59. The first-order valence-electron chi connectivity index (χ1n) is 7.40. The standard InChI is InChI=1S/C17H12ClN3O5/c1-2-7-20-16(22)13(19-17(20)23)9-11-4-6-15(26-11)10-3-5-12(18)14(8-10)21(24)25/h2-6,8-9H,1,7H2,(H,19,23)/b13-9-. The molecule has 0 aliphatic carbocycles. The minimum atomic E-state index is -0.585. The Morgan fingerprint density at radius 2 is 2.08 bits per heavy atom. The van der Waals surface area contributed by atoms with Crippen LogP contribution in [0.5, 0.6) is 0 Å². The van der Waals surface area contributed by atoms with Crippen molar-refractivity contribution in [3.05, 3.63) is 69.6 Å². The van der Waals surface area contributed by atoms with E-state index in [-0.39, 0.29) is 23.0 Å². The second kappa shape index (κ2) is 6.85. The van der Waals surface area contributed by atoms with E-state index in [1.807, 2.05) is 0 Å². The predicted octanol–water partition coefficient (Wildman–Crippen LogP) is 3.59. The maximum atomic E-state index is 12.1. The molecule has 9 heteroatoms. The fraction of sp³-hybridized carbons (Fsp3) is 0.0588. The summed E-state index contributed by atoms with van der Waals surface area (Å²) in [6.45, 7) is 3.59. The van der Waals surface area contributed by atoms with E-state index in [0.29, 0.717) is 17.1 Å². The van der Waals surface area contributed by atoms with Crippen molar-refractivity contribution in [2.24, 2.45) is 0 Å². The Kier molecular flexibility index (Phi) is 4.59. The Balaban J connectivity index is 1.88. The van der Waals surface area contributed by atoms with Crippen LogP contribution in [0.3, 0.4) is 0 Å². The first kappa shape index (κ1) is 17.4. The van der Waals surface area contributed by atoms with E-state index >= 15 is 0 Å². The summed E-state index contributed by atoms with van der Waals surface area (Å²) in [5.74, 6) is 0.174. The molecule has 1 N–H and O–H groups in total. The van der Waals surface area contributed by atoms with Gasteiger partial charge < -0.3 is 9.73 Å². The average molecular weight is 374 g/mol. The van der Waals surface area contributed by atoms with E-state index in [1.165, 1.54) is 24.3 Å². The van der Waals surface area contributed by atoms with Gasteiger partial charge in [0.2, 0.25) is 0 Å². The molecule has 0 radical (unpaired) electrons. The Morgan fingerprint density at radius 1 is 1.31 bits per heavy atom. The monoisotopic (exact) mass is 373 g/mol. The van der Waals surface area contributed by atoms with Crippen molar-refractivity contribution in [2.75, 3.05) is 6.54 Å². The number of imide groups is 1. The van der Waals surface area contributed by atoms with Gasteiger partial charge in [0.05, 0.1) is 4.92 Å². The summed E-state index contributed by atoms with van der Waals surface area (Å²) in [5, 5.41) is 13.5. The van der Waals surface area contributed by atoms with Gasteiger partial charge in [-0.15, -0.1) is 6.58 Å². The molecule has 1 saturated heterocycles. The van der Waals surface area contributed by atoms with E-state index in [9.17, 15) is 19.7 Å². The summed E-state index contributed by atoms with van der Waals surface area (Å²) in [5.41, 5.74) is 0.291. The molecule has 1 aliphatic rings. The highest BCUT2D eigenvalue weighted by molar-refractivity contribution is 6.32. The van der Waals surface area contributed by atoms with E-state index in [2.05, 4.69) is 11.9 Å². The first-order chi connectivity index (χ1) is 12.4. The highest BCUT2D eigenvalue weighted by atomic mass is 35.5. The highest BCUT2D eigenvalue weighted by Crippen LogP contribution is 2.31. The van der Waals surface area contributed by atoms with Gasteiger partial charge in [-0.1, -0.05) is 17.7 Å². The van der Waals surface area contributed by atoms with Gasteiger partial charge in [-0.3, -0.25) is 19.8 Å². The Labute approximate surface area is 152 Å². The van der Waals surface area contributed by atoms with Crippen LogP contribution >= 0.6 is 11.6 Å². The topological polar surface area (TPSA) is 106 Å². The van der Waals surface area contributed by atoms with Gasteiger partial charge in [0, 0.05) is 24.3 Å². The van der Waals surface area contributed by atoms with Crippen LogP contribution < -0.4 is 5.32 Å². The summed E-state index contributed by atoms with van der Waals surface area (Å²) < 4.78 is 5.60. The van der Waals surface area contributed by atoms with Crippen LogP contribution in [0.1, 0.15) is 5.76 Å². The average Bonchev–Trinajstić information content (AvgIpc) is 3.16. The number of amides is 3. The number of carbonyl (C=O) groups excluding carboxylic acids is 2. The van der Waals surface area contributed by atoms with Crippen LogP contribution in [0.25, 0.3) is 17.4 Å². The number of nitrogens with one attached hydrogen (secondary N) is 1. The van der Waals surface area contributed by atoms with Crippen LogP contribution in [0.2, 0.25) is 5.02 Å². The third-order valence-corrected chi connectivity index (χ3v) is 3.93. The Hall–Kier alpha value is -3.39. The van der Waals surface area contributed by atoms with Gasteiger partial charge in [0.15, 0.2) is 0 Å². The van der Waals surface area contributed by atoms with E-state index in [1.54, 1.807) is 18.2 Å². The molecule has 1 aliphatic heterocycles. The summed E-state index contributed by atoms with van der Waals surface area (Å²) >= 11 is 5.80. The number of urea groups is 1. The van der Waals surface area contributed by atoms with Crippen LogP contribution in [-0.4, -0.2) is 28.3 Å². The van der Waals surface area contributed by atoms with Crippen molar-refractivity contribution in [2.45, 2.75) is 0 Å². The molecule has 0 atom stereocenters. The number of furan rings is 1. The Morgan fingerprint density at radius 3 is 2.77 bits per heavy atom. The summed E-state index contributed by atoms with van der Waals surface area (Å²) in [6, 6.07) is 6.93. The van der Waals surface area contributed by atoms with Crippen molar-refractivity contribution in [3.63, 3.8) is 0 Å². The van der Waals surface area contributed by atoms with Crippen LogP contribution in [0.15, 0.2) is 53.1 Å². The van der Waals surface area contributed by atoms with Gasteiger partial charge >= 0.3 is 6.03 Å². The van der Waals surface area contributed by atoms with Crippen molar-refractivity contribution in [1.29, 1.82) is 0 Å². The molecule has 1 aromatic carbocycles. The van der Waals surface area contributed by atoms with Crippen molar-refractivity contribution >= 4 is 35.3 Å². The number of carbonyl (C=O) groups is 2. The van der Waals surface area contributed by atoms with Gasteiger partial charge in [0.1, 0.15) is 22.2 Å². The summed E-state index contributed by atoms with van der Waals surface area (Å²) in [6.07, 6.45) is 2.83. The number of hydrogen-bond donors (Lipinski definition) is 1. The van der Waals surface area contributed by atoms with Crippen molar-refractivity contribution in [1.82, 2.24) is 10.2 Å². The highest BCUT2D eigenvalue weighted by Gasteiger charge is 2.32. The van der Waals surface area contributed by atoms with Gasteiger partial charge in [0.25, 0.3) is 11.6 Å². The molecule has 0 saturated carbocycles. The molecule has 0 unspecified atom stereocenters. The van der Waals surface area contributed by atoms with E-state index in [0.717, 1.165) is 4.90 Å². The molecule has 26 heavy (non-hydrogen) atoms. The third-order valence-electron chi connectivity index (χ3n) is 3.61. The lowest BCUT2D eigenvalue weighted by Crippen LogP contribution is -2.30. The molecule has 1 aromatic heterocycles. The maximum Gasteiger partial charge on any atom is 0.329 e. The Bertz CT molecular complexity index is 963. The van der Waals surface area contributed by atoms with Gasteiger partial charge in [-0.05, 0) is 24.3 Å². The lowest BCUT2D eigenvalue weighted by atomic mass is 10.1. The quantitative estimate of drug-likeness (QED) is 0.283. The van der Waals surface area contributed by atoms with Crippen LogP contribution in [0.4, 0.5) is 10.5 Å². The van der Waals surface area contributed by atoms with Crippen LogP contribution in [0, 0.1) is 10.1 Å². The molecule has 2 heterocycles. The lowest BCUT2D eigenvalue weighted by Gasteiger charge is -2.06. The fourth-order valence-electron chi connectivity index (χ4n) is 2.40. The number of rotatable bonds is 5. The number of halogens is 1. The summed E-state index contributed by atoms with van der Waals surface area (Å²) in [4.78, 5) is 35.3. The molecule has 132 valence electrons. The molecule has 3 rings (SSSR count). The smallest absolute Gasteiger partial charge is 0.329 e. The zero-order valence-electron chi connectivity index (χ0n) is 13.3. The maximum absolute atomic E-state index is 12.1. The number of nitrogens with zero attached hydrogens (tertiary/aromatic N) is 2. The molecular formula is C17H12ClN3O5. The number of benzene rings is 1. The molecule has 3 amide bonds.